The number of carbonyl (C=O) groups is 2. The molecular weight excluding hydrogens is 308 g/mol. The zero-order chi connectivity index (χ0) is 16.9. The molecule has 0 unspecified atom stereocenters. The summed E-state index contributed by atoms with van der Waals surface area (Å²) in [5.74, 6) is 0.0254. The fourth-order valence-electron chi connectivity index (χ4n) is 3.98. The van der Waals surface area contributed by atoms with Gasteiger partial charge in [0.05, 0.1) is 22.8 Å². The van der Waals surface area contributed by atoms with Gasteiger partial charge in [0, 0.05) is 39.0 Å². The molecule has 2 amide bonds. The second-order valence-corrected chi connectivity index (χ2v) is 7.33. The minimum atomic E-state index is -0.591. The van der Waals surface area contributed by atoms with Crippen LogP contribution >= 0.6 is 0 Å². The van der Waals surface area contributed by atoms with Crippen molar-refractivity contribution in [2.75, 3.05) is 19.7 Å². The Hall–Kier alpha value is -1.89. The van der Waals surface area contributed by atoms with E-state index < -0.39 is 5.41 Å². The summed E-state index contributed by atoms with van der Waals surface area (Å²) in [6, 6.07) is 0.319. The monoisotopic (exact) mass is 332 g/mol. The van der Waals surface area contributed by atoms with Crippen molar-refractivity contribution in [1.82, 2.24) is 20.0 Å². The molecule has 3 fully saturated rings. The van der Waals surface area contributed by atoms with Gasteiger partial charge in [0.25, 0.3) is 5.91 Å². The molecule has 0 bridgehead atoms. The lowest BCUT2D eigenvalue weighted by atomic mass is 9.75. The number of aromatic nitrogens is 2. The molecule has 130 valence electrons. The molecule has 1 aromatic rings. The third-order valence-corrected chi connectivity index (χ3v) is 5.51. The van der Waals surface area contributed by atoms with E-state index in [1.54, 1.807) is 10.9 Å². The van der Waals surface area contributed by atoms with Crippen LogP contribution < -0.4 is 5.32 Å². The maximum Gasteiger partial charge on any atom is 0.257 e. The molecular formula is C17H24N4O3. The lowest BCUT2D eigenvalue weighted by Crippen LogP contribution is -2.58. The van der Waals surface area contributed by atoms with Crippen LogP contribution in [0.3, 0.4) is 0 Å². The standard InChI is InChI=1S/C17H24N4O3/c1-11-13(9-20(2)19-11)15(22)21-7-5-14-17(10-21,6-8-24-14)16(23)18-12-3-4-12/h9,12,14H,3-8,10H2,1-2H3,(H,18,23)/t14-,17-/m1/s1. The van der Waals surface area contributed by atoms with E-state index in [4.69, 9.17) is 4.74 Å². The van der Waals surface area contributed by atoms with Gasteiger partial charge in [-0.15, -0.1) is 0 Å². The van der Waals surface area contributed by atoms with E-state index in [1.165, 1.54) is 0 Å². The summed E-state index contributed by atoms with van der Waals surface area (Å²) in [5.41, 5.74) is 0.753. The Morgan fingerprint density at radius 2 is 2.17 bits per heavy atom. The number of fused-ring (bicyclic) bond motifs is 1. The number of rotatable bonds is 3. The van der Waals surface area contributed by atoms with Crippen molar-refractivity contribution in [1.29, 1.82) is 0 Å². The van der Waals surface area contributed by atoms with E-state index in [0.717, 1.165) is 18.5 Å². The van der Waals surface area contributed by atoms with Crippen molar-refractivity contribution in [2.45, 2.75) is 44.8 Å². The molecule has 1 aliphatic carbocycles. The first kappa shape index (κ1) is 15.6. The predicted molar refractivity (Wildman–Crippen MR) is 86.4 cm³/mol. The highest BCUT2D eigenvalue weighted by Gasteiger charge is 2.54. The fourth-order valence-corrected chi connectivity index (χ4v) is 3.98. The zero-order valence-corrected chi connectivity index (χ0v) is 14.2. The van der Waals surface area contributed by atoms with Crippen LogP contribution in [0.5, 0.6) is 0 Å². The molecule has 2 saturated heterocycles. The van der Waals surface area contributed by atoms with Crippen molar-refractivity contribution in [2.24, 2.45) is 12.5 Å². The number of piperidine rings is 1. The van der Waals surface area contributed by atoms with Crippen LogP contribution in [-0.2, 0) is 16.6 Å². The Bertz CT molecular complexity index is 681. The number of hydrogen-bond donors (Lipinski definition) is 1. The van der Waals surface area contributed by atoms with Crippen molar-refractivity contribution in [3.63, 3.8) is 0 Å². The minimum absolute atomic E-state index is 0.0375. The quantitative estimate of drug-likeness (QED) is 0.881. The van der Waals surface area contributed by atoms with Gasteiger partial charge in [-0.2, -0.15) is 5.10 Å². The predicted octanol–water partition coefficient (Wildman–Crippen LogP) is 0.628. The van der Waals surface area contributed by atoms with Gasteiger partial charge in [0.15, 0.2) is 0 Å². The van der Waals surface area contributed by atoms with Gasteiger partial charge in [-0.25, -0.2) is 0 Å². The second-order valence-electron chi connectivity index (χ2n) is 7.33. The minimum Gasteiger partial charge on any atom is -0.377 e. The van der Waals surface area contributed by atoms with Gasteiger partial charge in [0.1, 0.15) is 0 Å². The molecule has 7 nitrogen and oxygen atoms in total. The Balaban J connectivity index is 1.56. The van der Waals surface area contributed by atoms with Crippen molar-refractivity contribution in [3.05, 3.63) is 17.5 Å². The van der Waals surface area contributed by atoms with Crippen molar-refractivity contribution >= 4 is 11.8 Å². The summed E-state index contributed by atoms with van der Waals surface area (Å²) in [7, 11) is 1.81. The van der Waals surface area contributed by atoms with Gasteiger partial charge < -0.3 is 15.0 Å². The number of carbonyl (C=O) groups excluding carboxylic acids is 2. The SMILES string of the molecule is Cc1nn(C)cc1C(=O)N1CC[C@H]2OCC[C@@]2(C(=O)NC2CC2)C1. The van der Waals surface area contributed by atoms with E-state index >= 15 is 0 Å². The van der Waals surface area contributed by atoms with Crippen LogP contribution in [0.25, 0.3) is 0 Å². The molecule has 2 aliphatic heterocycles. The van der Waals surface area contributed by atoms with Crippen LogP contribution in [0.15, 0.2) is 6.20 Å². The average Bonchev–Trinajstić information content (AvgIpc) is 3.15. The Morgan fingerprint density at radius 3 is 2.83 bits per heavy atom. The molecule has 7 heteroatoms. The summed E-state index contributed by atoms with van der Waals surface area (Å²) in [5, 5.41) is 7.39. The largest absolute Gasteiger partial charge is 0.377 e. The summed E-state index contributed by atoms with van der Waals surface area (Å²) < 4.78 is 7.49. The first-order chi connectivity index (χ1) is 11.5. The van der Waals surface area contributed by atoms with Crippen molar-refractivity contribution < 1.29 is 14.3 Å². The van der Waals surface area contributed by atoms with E-state index in [-0.39, 0.29) is 17.9 Å². The van der Waals surface area contributed by atoms with Gasteiger partial charge >= 0.3 is 0 Å². The maximum atomic E-state index is 12.9. The fraction of sp³-hybridized carbons (Fsp3) is 0.706. The topological polar surface area (TPSA) is 76.5 Å². The first-order valence-electron chi connectivity index (χ1n) is 8.72. The molecule has 0 radical (unpaired) electrons. The van der Waals surface area contributed by atoms with Crippen LogP contribution in [0, 0.1) is 12.3 Å². The van der Waals surface area contributed by atoms with E-state index in [0.29, 0.717) is 44.1 Å². The van der Waals surface area contributed by atoms with E-state index in [1.807, 2.05) is 18.9 Å². The van der Waals surface area contributed by atoms with Gasteiger partial charge in [-0.1, -0.05) is 0 Å². The smallest absolute Gasteiger partial charge is 0.257 e. The number of hydrogen-bond acceptors (Lipinski definition) is 4. The lowest BCUT2D eigenvalue weighted by Gasteiger charge is -2.42. The van der Waals surface area contributed by atoms with E-state index in [9.17, 15) is 9.59 Å². The second kappa shape index (κ2) is 5.58. The molecule has 3 aliphatic rings. The highest BCUT2D eigenvalue weighted by atomic mass is 16.5. The average molecular weight is 332 g/mol. The number of nitrogens with zero attached hydrogens (tertiary/aromatic N) is 3. The summed E-state index contributed by atoms with van der Waals surface area (Å²) >= 11 is 0. The van der Waals surface area contributed by atoms with Crippen LogP contribution in [0.1, 0.15) is 41.7 Å². The van der Waals surface area contributed by atoms with Crippen LogP contribution in [0.2, 0.25) is 0 Å². The lowest BCUT2D eigenvalue weighted by molar-refractivity contribution is -0.138. The van der Waals surface area contributed by atoms with Gasteiger partial charge in [-0.3, -0.25) is 14.3 Å². The first-order valence-corrected chi connectivity index (χ1v) is 8.72. The van der Waals surface area contributed by atoms with Crippen LogP contribution in [-0.4, -0.2) is 58.3 Å². The van der Waals surface area contributed by atoms with E-state index in [2.05, 4.69) is 10.4 Å². The summed E-state index contributed by atoms with van der Waals surface area (Å²) in [6.45, 7) is 3.49. The normalized spacial score (nSPS) is 29.4. The third-order valence-electron chi connectivity index (χ3n) is 5.51. The molecule has 2 atom stereocenters. The molecule has 3 heterocycles. The number of ether oxygens (including phenoxy) is 1. The number of nitrogens with one attached hydrogen (secondary N) is 1. The number of likely N-dealkylation sites (tertiary alicyclic amines) is 1. The van der Waals surface area contributed by atoms with Gasteiger partial charge in [0.2, 0.25) is 5.91 Å². The highest BCUT2D eigenvalue weighted by molar-refractivity contribution is 5.96. The summed E-state index contributed by atoms with van der Waals surface area (Å²) in [4.78, 5) is 27.6. The molecule has 1 saturated carbocycles. The van der Waals surface area contributed by atoms with Gasteiger partial charge in [-0.05, 0) is 32.6 Å². The Kier molecular flexibility index (Phi) is 3.63. The molecule has 1 aromatic heterocycles. The Labute approximate surface area is 141 Å². The Morgan fingerprint density at radius 1 is 1.38 bits per heavy atom. The molecule has 1 N–H and O–H groups in total. The van der Waals surface area contributed by atoms with Crippen molar-refractivity contribution in [3.8, 4) is 0 Å². The third kappa shape index (κ3) is 2.51. The highest BCUT2D eigenvalue weighted by Crippen LogP contribution is 2.42. The molecule has 0 spiro atoms. The number of amides is 2. The van der Waals surface area contributed by atoms with Crippen LogP contribution in [0.4, 0.5) is 0 Å². The zero-order valence-electron chi connectivity index (χ0n) is 14.2. The number of aryl methyl sites for hydroxylation is 2. The molecule has 4 rings (SSSR count). The maximum absolute atomic E-state index is 12.9. The molecule has 24 heavy (non-hydrogen) atoms. The molecule has 0 aromatic carbocycles. The summed E-state index contributed by atoms with van der Waals surface area (Å²) in [6.07, 6.45) is 5.20.